The molecule has 4 N–H and O–H groups in total. The number of oxime groups is 1. The third kappa shape index (κ3) is 4.18. The van der Waals surface area contributed by atoms with E-state index in [4.69, 9.17) is 16.0 Å². The maximum absolute atomic E-state index is 14.2. The summed E-state index contributed by atoms with van der Waals surface area (Å²) in [5.41, 5.74) is 6.01. The molecule has 0 atom stereocenters. The molecule has 0 spiro atoms. The summed E-state index contributed by atoms with van der Waals surface area (Å²) >= 11 is 0. The predicted molar refractivity (Wildman–Crippen MR) is 71.6 cm³/mol. The molecule has 1 rings (SSSR count). The first-order valence-corrected chi connectivity index (χ1v) is 6.22. The van der Waals surface area contributed by atoms with E-state index in [1.807, 2.05) is 11.8 Å². The van der Waals surface area contributed by atoms with Crippen LogP contribution in [-0.4, -0.2) is 40.7 Å². The zero-order valence-electron chi connectivity index (χ0n) is 11.0. The fraction of sp³-hybridized carbons (Fsp3) is 0.462. The molecule has 0 saturated heterocycles. The first kappa shape index (κ1) is 15.4. The summed E-state index contributed by atoms with van der Waals surface area (Å²) in [6, 6.07) is 4.81. The van der Waals surface area contributed by atoms with Gasteiger partial charge in [0.15, 0.2) is 5.84 Å². The van der Waals surface area contributed by atoms with Crippen LogP contribution in [0.3, 0.4) is 0 Å². The number of hydrogen-bond donors (Lipinski definition) is 3. The largest absolute Gasteiger partial charge is 0.409 e. The molecule has 5 nitrogen and oxygen atoms in total. The molecule has 106 valence electrons. The fourth-order valence-corrected chi connectivity index (χ4v) is 1.84. The van der Waals surface area contributed by atoms with Crippen molar-refractivity contribution >= 4 is 5.84 Å². The molecule has 6 heteroatoms. The van der Waals surface area contributed by atoms with Crippen molar-refractivity contribution in [2.45, 2.75) is 19.9 Å². The highest BCUT2D eigenvalue weighted by Crippen LogP contribution is 2.15. The second-order valence-electron chi connectivity index (χ2n) is 4.21. The maximum Gasteiger partial charge on any atom is 0.173 e. The minimum atomic E-state index is -0.472. The summed E-state index contributed by atoms with van der Waals surface area (Å²) in [6.45, 7) is 3.97. The van der Waals surface area contributed by atoms with E-state index < -0.39 is 5.82 Å². The Hall–Kier alpha value is -1.66. The molecule has 0 unspecified atom stereocenters. The molecular weight excluding hydrogens is 249 g/mol. The van der Waals surface area contributed by atoms with Crippen LogP contribution in [0.4, 0.5) is 4.39 Å². The summed E-state index contributed by atoms with van der Waals surface area (Å²) in [4.78, 5) is 2.02. The lowest BCUT2D eigenvalue weighted by Crippen LogP contribution is -2.26. The Kier molecular flexibility index (Phi) is 6.24. The quantitative estimate of drug-likeness (QED) is 0.300. The number of hydrogen-bond acceptors (Lipinski definition) is 4. The van der Waals surface area contributed by atoms with Crippen molar-refractivity contribution in [3.05, 3.63) is 35.1 Å². The van der Waals surface area contributed by atoms with E-state index in [0.717, 1.165) is 6.54 Å². The topological polar surface area (TPSA) is 82.1 Å². The van der Waals surface area contributed by atoms with E-state index in [2.05, 4.69) is 5.16 Å². The van der Waals surface area contributed by atoms with E-state index in [1.165, 1.54) is 6.07 Å². The van der Waals surface area contributed by atoms with Gasteiger partial charge in [-0.2, -0.15) is 0 Å². The number of amidine groups is 1. The molecule has 0 aromatic heterocycles. The van der Waals surface area contributed by atoms with Crippen LogP contribution in [-0.2, 0) is 6.54 Å². The van der Waals surface area contributed by atoms with Crippen LogP contribution in [0.25, 0.3) is 0 Å². The van der Waals surface area contributed by atoms with Gasteiger partial charge in [-0.15, -0.1) is 0 Å². The first-order chi connectivity index (χ1) is 9.13. The molecule has 1 aromatic carbocycles. The normalized spacial score (nSPS) is 12.1. The van der Waals surface area contributed by atoms with Crippen molar-refractivity contribution in [3.8, 4) is 0 Å². The summed E-state index contributed by atoms with van der Waals surface area (Å²) in [5.74, 6) is -0.710. The second-order valence-corrected chi connectivity index (χ2v) is 4.21. The average molecular weight is 269 g/mol. The van der Waals surface area contributed by atoms with Crippen molar-refractivity contribution in [1.29, 1.82) is 0 Å². The monoisotopic (exact) mass is 269 g/mol. The molecule has 0 heterocycles. The summed E-state index contributed by atoms with van der Waals surface area (Å²) in [7, 11) is 0. The van der Waals surface area contributed by atoms with Crippen molar-refractivity contribution in [1.82, 2.24) is 4.90 Å². The third-order valence-electron chi connectivity index (χ3n) is 2.94. The summed E-state index contributed by atoms with van der Waals surface area (Å²) in [5, 5.41) is 20.2. The van der Waals surface area contributed by atoms with Crippen molar-refractivity contribution < 1.29 is 14.7 Å². The van der Waals surface area contributed by atoms with Crippen LogP contribution in [0.1, 0.15) is 24.5 Å². The standard InChI is InChI=1S/C13H20FN3O2/c1-2-17(7-4-8-18)9-10-5-3-6-11(12(10)14)13(15)16-19/h3,5-6,18-19H,2,4,7-9H2,1H3,(H2,15,16). The van der Waals surface area contributed by atoms with Crippen molar-refractivity contribution in [2.24, 2.45) is 10.9 Å². The van der Waals surface area contributed by atoms with E-state index >= 15 is 0 Å². The lowest BCUT2D eigenvalue weighted by Gasteiger charge is -2.20. The van der Waals surface area contributed by atoms with E-state index in [9.17, 15) is 4.39 Å². The van der Waals surface area contributed by atoms with Gasteiger partial charge in [-0.1, -0.05) is 24.2 Å². The highest BCUT2D eigenvalue weighted by molar-refractivity contribution is 5.97. The van der Waals surface area contributed by atoms with Crippen LogP contribution in [0.5, 0.6) is 0 Å². The van der Waals surface area contributed by atoms with Crippen LogP contribution in [0, 0.1) is 5.82 Å². The Morgan fingerprint density at radius 1 is 1.47 bits per heavy atom. The highest BCUT2D eigenvalue weighted by Gasteiger charge is 2.13. The Balaban J connectivity index is 2.89. The molecule has 0 amide bonds. The Bertz CT molecular complexity index is 438. The zero-order valence-corrected chi connectivity index (χ0v) is 11.0. The van der Waals surface area contributed by atoms with Crippen LogP contribution in [0.15, 0.2) is 23.4 Å². The highest BCUT2D eigenvalue weighted by atomic mass is 19.1. The maximum atomic E-state index is 14.2. The summed E-state index contributed by atoms with van der Waals surface area (Å²) in [6.07, 6.45) is 0.648. The van der Waals surface area contributed by atoms with Crippen LogP contribution in [0.2, 0.25) is 0 Å². The van der Waals surface area contributed by atoms with Gasteiger partial charge in [0, 0.05) is 25.3 Å². The van der Waals surface area contributed by atoms with Gasteiger partial charge in [0.1, 0.15) is 5.82 Å². The number of rotatable bonds is 7. The van der Waals surface area contributed by atoms with Gasteiger partial charge in [-0.25, -0.2) is 4.39 Å². The number of nitrogens with zero attached hydrogens (tertiary/aromatic N) is 2. The minimum Gasteiger partial charge on any atom is -0.409 e. The molecule has 0 aliphatic rings. The Labute approximate surface area is 112 Å². The van der Waals surface area contributed by atoms with Gasteiger partial charge < -0.3 is 16.0 Å². The lowest BCUT2D eigenvalue weighted by atomic mass is 10.1. The molecule has 0 bridgehead atoms. The SMILES string of the molecule is CCN(CCCO)Cc1cccc(/C(N)=N/O)c1F. The molecular formula is C13H20FN3O2. The smallest absolute Gasteiger partial charge is 0.173 e. The van der Waals surface area contributed by atoms with E-state index in [1.54, 1.807) is 12.1 Å². The molecule has 19 heavy (non-hydrogen) atoms. The van der Waals surface area contributed by atoms with Gasteiger partial charge >= 0.3 is 0 Å². The van der Waals surface area contributed by atoms with Crippen molar-refractivity contribution in [2.75, 3.05) is 19.7 Å². The first-order valence-electron chi connectivity index (χ1n) is 6.22. The van der Waals surface area contributed by atoms with Gasteiger partial charge in [0.2, 0.25) is 0 Å². The number of aliphatic hydroxyl groups is 1. The molecule has 0 aliphatic heterocycles. The number of nitrogens with two attached hydrogens (primary N) is 1. The van der Waals surface area contributed by atoms with E-state index in [0.29, 0.717) is 25.1 Å². The van der Waals surface area contributed by atoms with E-state index in [-0.39, 0.29) is 18.0 Å². The molecule has 0 saturated carbocycles. The van der Waals surface area contributed by atoms with Crippen LogP contribution >= 0.6 is 0 Å². The minimum absolute atomic E-state index is 0.0956. The Morgan fingerprint density at radius 3 is 2.79 bits per heavy atom. The lowest BCUT2D eigenvalue weighted by molar-refractivity contribution is 0.223. The van der Waals surface area contributed by atoms with Gasteiger partial charge in [-0.05, 0) is 19.0 Å². The van der Waals surface area contributed by atoms with Gasteiger partial charge in [0.05, 0.1) is 5.56 Å². The molecule has 0 aliphatic carbocycles. The van der Waals surface area contributed by atoms with Gasteiger partial charge in [-0.3, -0.25) is 4.90 Å². The fourth-order valence-electron chi connectivity index (χ4n) is 1.84. The third-order valence-corrected chi connectivity index (χ3v) is 2.94. The molecule has 0 fully saturated rings. The second kappa shape index (κ2) is 7.70. The zero-order chi connectivity index (χ0) is 14.3. The average Bonchev–Trinajstić information content (AvgIpc) is 2.44. The Morgan fingerprint density at radius 2 is 2.21 bits per heavy atom. The summed E-state index contributed by atoms with van der Waals surface area (Å²) < 4.78 is 14.2. The van der Waals surface area contributed by atoms with Gasteiger partial charge in [0.25, 0.3) is 0 Å². The molecule has 1 aromatic rings. The predicted octanol–water partition coefficient (Wildman–Crippen LogP) is 1.12. The van der Waals surface area contributed by atoms with Crippen LogP contribution < -0.4 is 5.73 Å². The molecule has 0 radical (unpaired) electrons. The number of benzene rings is 1. The number of aliphatic hydroxyl groups excluding tert-OH is 1. The number of halogens is 1. The van der Waals surface area contributed by atoms with Crippen molar-refractivity contribution in [3.63, 3.8) is 0 Å².